The molecule has 1 aromatic heterocycles. The lowest BCUT2D eigenvalue weighted by Crippen LogP contribution is -2.08. The van der Waals surface area contributed by atoms with Crippen LogP contribution in [0.25, 0.3) is 22.4 Å². The Labute approximate surface area is 128 Å². The van der Waals surface area contributed by atoms with Gasteiger partial charge in [-0.2, -0.15) is 15.6 Å². The molecule has 3 rings (SSSR count). The van der Waals surface area contributed by atoms with Gasteiger partial charge < -0.3 is 4.90 Å². The Bertz CT molecular complexity index is 842. The van der Waals surface area contributed by atoms with Gasteiger partial charge in [0.2, 0.25) is 0 Å². The molecule has 5 nitrogen and oxygen atoms in total. The number of nitrogens with zero attached hydrogens (tertiary/aromatic N) is 4. The van der Waals surface area contributed by atoms with Crippen molar-refractivity contribution >= 4 is 5.69 Å². The van der Waals surface area contributed by atoms with Crippen molar-refractivity contribution in [2.24, 2.45) is 0 Å². The van der Waals surface area contributed by atoms with Gasteiger partial charge in [-0.15, -0.1) is 5.10 Å². The molecule has 5 heteroatoms. The average molecular weight is 289 g/mol. The summed E-state index contributed by atoms with van der Waals surface area (Å²) in [6, 6.07) is 18.3. The highest BCUT2D eigenvalue weighted by Gasteiger charge is 2.10. The molecule has 0 fully saturated rings. The maximum Gasteiger partial charge on any atom is 0.190 e. The Morgan fingerprint density at radius 3 is 2.36 bits per heavy atom. The maximum atomic E-state index is 9.07. The van der Waals surface area contributed by atoms with E-state index in [2.05, 4.69) is 38.5 Å². The number of aromatic amines is 1. The van der Waals surface area contributed by atoms with Gasteiger partial charge in [-0.1, -0.05) is 30.3 Å². The monoisotopic (exact) mass is 289 g/mol. The molecule has 1 N–H and O–H groups in total. The van der Waals surface area contributed by atoms with E-state index in [-0.39, 0.29) is 0 Å². The minimum atomic E-state index is 0.305. The fourth-order valence-electron chi connectivity index (χ4n) is 2.32. The third-order valence-electron chi connectivity index (χ3n) is 3.49. The van der Waals surface area contributed by atoms with E-state index in [1.165, 1.54) is 0 Å². The molecule has 0 aliphatic carbocycles. The highest BCUT2D eigenvalue weighted by atomic mass is 15.3. The lowest BCUT2D eigenvalue weighted by atomic mass is 10.0. The number of nitriles is 1. The summed E-state index contributed by atoms with van der Waals surface area (Å²) in [7, 11) is 4.04. The zero-order valence-corrected chi connectivity index (χ0v) is 12.4. The molecule has 22 heavy (non-hydrogen) atoms. The first-order valence-corrected chi connectivity index (χ1v) is 6.88. The van der Waals surface area contributed by atoms with Crippen LogP contribution in [0.1, 0.15) is 5.69 Å². The second-order valence-corrected chi connectivity index (χ2v) is 5.16. The molecule has 0 aliphatic rings. The van der Waals surface area contributed by atoms with Gasteiger partial charge in [-0.05, 0) is 29.3 Å². The van der Waals surface area contributed by atoms with Crippen molar-refractivity contribution in [2.75, 3.05) is 19.0 Å². The summed E-state index contributed by atoms with van der Waals surface area (Å²) in [5.41, 5.74) is 5.09. The molecule has 0 saturated carbocycles. The third-order valence-corrected chi connectivity index (χ3v) is 3.49. The van der Waals surface area contributed by atoms with Gasteiger partial charge >= 0.3 is 0 Å². The van der Waals surface area contributed by atoms with Crippen LogP contribution in [0.3, 0.4) is 0 Å². The van der Waals surface area contributed by atoms with Crippen LogP contribution in [0.5, 0.6) is 0 Å². The molecule has 0 amide bonds. The van der Waals surface area contributed by atoms with Crippen LogP contribution in [-0.2, 0) is 0 Å². The Balaban J connectivity index is 2.05. The molecule has 0 radical (unpaired) electrons. The van der Waals surface area contributed by atoms with Crippen molar-refractivity contribution in [3.05, 3.63) is 54.2 Å². The maximum absolute atomic E-state index is 9.07. The molecule has 1 heterocycles. The first kappa shape index (κ1) is 13.8. The summed E-state index contributed by atoms with van der Waals surface area (Å²) in [4.78, 5) is 2.07. The van der Waals surface area contributed by atoms with Crippen molar-refractivity contribution in [1.82, 2.24) is 15.4 Å². The lowest BCUT2D eigenvalue weighted by Gasteiger charge is -2.14. The number of hydrogen-bond acceptors (Lipinski definition) is 4. The van der Waals surface area contributed by atoms with E-state index in [1.807, 2.05) is 50.5 Å². The minimum absolute atomic E-state index is 0.305. The molecule has 108 valence electrons. The number of H-pyrrole nitrogens is 1. The van der Waals surface area contributed by atoms with Gasteiger partial charge in [-0.25, -0.2) is 0 Å². The van der Waals surface area contributed by atoms with Gasteiger partial charge in [0, 0.05) is 25.3 Å². The largest absolute Gasteiger partial charge is 0.378 e. The Morgan fingerprint density at radius 2 is 1.64 bits per heavy atom. The van der Waals surface area contributed by atoms with E-state index >= 15 is 0 Å². The van der Waals surface area contributed by atoms with Crippen LogP contribution in [0.2, 0.25) is 0 Å². The number of aromatic nitrogens is 3. The topological polar surface area (TPSA) is 68.6 Å². The summed E-state index contributed by atoms with van der Waals surface area (Å²) in [5.74, 6) is 0. The zero-order chi connectivity index (χ0) is 15.5. The molecular formula is C17H15N5. The molecule has 2 aromatic carbocycles. The fourth-order valence-corrected chi connectivity index (χ4v) is 2.32. The Kier molecular flexibility index (Phi) is 3.58. The van der Waals surface area contributed by atoms with Gasteiger partial charge in [0.25, 0.3) is 0 Å². The Hall–Kier alpha value is -3.13. The van der Waals surface area contributed by atoms with E-state index < -0.39 is 0 Å². The van der Waals surface area contributed by atoms with Gasteiger partial charge in [-0.3, -0.25) is 0 Å². The summed E-state index contributed by atoms with van der Waals surface area (Å²) in [6.45, 7) is 0. The predicted octanol–water partition coefficient (Wildman–Crippen LogP) is 3.08. The number of anilines is 1. The van der Waals surface area contributed by atoms with E-state index in [0.717, 1.165) is 22.4 Å². The van der Waals surface area contributed by atoms with Gasteiger partial charge in [0.15, 0.2) is 5.69 Å². The third kappa shape index (κ3) is 2.54. The van der Waals surface area contributed by atoms with Crippen molar-refractivity contribution < 1.29 is 0 Å². The molecular weight excluding hydrogens is 274 g/mol. The van der Waals surface area contributed by atoms with Crippen LogP contribution in [-0.4, -0.2) is 29.5 Å². The molecule has 0 unspecified atom stereocenters. The molecule has 0 spiro atoms. The standard InChI is InChI=1S/C17H15N5/c1-22(2)15-8-4-6-13(10-15)12-5-3-7-14(9-12)17-16(11-18)19-21-20-17/h3-10H,1-2H3,(H,19,20,21). The SMILES string of the molecule is CN(C)c1cccc(-c2cccc(-c3n[nH]nc3C#N)c2)c1. The zero-order valence-electron chi connectivity index (χ0n) is 12.4. The molecule has 0 bridgehead atoms. The highest BCUT2D eigenvalue weighted by molar-refractivity contribution is 5.75. The quantitative estimate of drug-likeness (QED) is 0.804. The predicted molar refractivity (Wildman–Crippen MR) is 86.3 cm³/mol. The lowest BCUT2D eigenvalue weighted by molar-refractivity contribution is 0.937. The van der Waals surface area contributed by atoms with Crippen LogP contribution in [0.15, 0.2) is 48.5 Å². The van der Waals surface area contributed by atoms with Crippen molar-refractivity contribution in [2.45, 2.75) is 0 Å². The molecule has 0 saturated heterocycles. The first-order chi connectivity index (χ1) is 10.7. The van der Waals surface area contributed by atoms with E-state index in [9.17, 15) is 0 Å². The van der Waals surface area contributed by atoms with Crippen LogP contribution in [0.4, 0.5) is 5.69 Å². The summed E-state index contributed by atoms with van der Waals surface area (Å²) < 4.78 is 0. The molecule has 0 atom stereocenters. The summed E-state index contributed by atoms with van der Waals surface area (Å²) in [6.07, 6.45) is 0. The van der Waals surface area contributed by atoms with Crippen LogP contribution >= 0.6 is 0 Å². The van der Waals surface area contributed by atoms with Crippen molar-refractivity contribution in [3.8, 4) is 28.5 Å². The smallest absolute Gasteiger partial charge is 0.190 e. The first-order valence-electron chi connectivity index (χ1n) is 6.88. The van der Waals surface area contributed by atoms with E-state index in [4.69, 9.17) is 5.26 Å². The fraction of sp³-hybridized carbons (Fsp3) is 0.118. The van der Waals surface area contributed by atoms with Crippen molar-refractivity contribution in [3.63, 3.8) is 0 Å². The summed E-state index contributed by atoms with van der Waals surface area (Å²) in [5, 5.41) is 19.5. The number of hydrogen-bond donors (Lipinski definition) is 1. The Morgan fingerprint density at radius 1 is 0.955 bits per heavy atom. The number of benzene rings is 2. The van der Waals surface area contributed by atoms with Crippen LogP contribution < -0.4 is 4.90 Å². The van der Waals surface area contributed by atoms with Gasteiger partial charge in [0.1, 0.15) is 11.8 Å². The second-order valence-electron chi connectivity index (χ2n) is 5.16. The van der Waals surface area contributed by atoms with Gasteiger partial charge in [0.05, 0.1) is 0 Å². The van der Waals surface area contributed by atoms with E-state index in [1.54, 1.807) is 0 Å². The number of nitrogens with one attached hydrogen (secondary N) is 1. The van der Waals surface area contributed by atoms with Crippen molar-refractivity contribution in [1.29, 1.82) is 5.26 Å². The second kappa shape index (κ2) is 5.70. The highest BCUT2D eigenvalue weighted by Crippen LogP contribution is 2.28. The average Bonchev–Trinajstić information content (AvgIpc) is 3.04. The normalized spacial score (nSPS) is 10.2. The number of rotatable bonds is 3. The summed E-state index contributed by atoms with van der Waals surface area (Å²) >= 11 is 0. The minimum Gasteiger partial charge on any atom is -0.378 e. The molecule has 0 aliphatic heterocycles. The molecule has 3 aromatic rings. The van der Waals surface area contributed by atoms with Crippen LogP contribution in [0, 0.1) is 11.3 Å². The van der Waals surface area contributed by atoms with E-state index in [0.29, 0.717) is 11.4 Å².